The molecule has 0 heterocycles. The standard InChI is InChI=1S/C14H14FNO2S/c1-11-9-13(15)7-8-14(11)16-19(17,18)10-12-5-3-2-4-6-12/h2-9,16H,10H2,1H3. The molecule has 0 atom stereocenters. The maximum absolute atomic E-state index is 13.0. The average molecular weight is 279 g/mol. The number of nitrogens with one attached hydrogen (secondary N) is 1. The van der Waals surface area contributed by atoms with E-state index in [1.54, 1.807) is 31.2 Å². The van der Waals surface area contributed by atoms with Gasteiger partial charge in [0.05, 0.1) is 11.4 Å². The number of sulfonamides is 1. The van der Waals surface area contributed by atoms with Gasteiger partial charge in [0.2, 0.25) is 10.0 Å². The van der Waals surface area contributed by atoms with Gasteiger partial charge in [-0.3, -0.25) is 4.72 Å². The Labute approximate surface area is 112 Å². The average Bonchev–Trinajstić information content (AvgIpc) is 2.33. The largest absolute Gasteiger partial charge is 0.283 e. The van der Waals surface area contributed by atoms with E-state index >= 15 is 0 Å². The molecule has 0 unspecified atom stereocenters. The Morgan fingerprint density at radius 2 is 1.79 bits per heavy atom. The van der Waals surface area contributed by atoms with Crippen LogP contribution in [0.1, 0.15) is 11.1 Å². The lowest BCUT2D eigenvalue weighted by molar-refractivity contribution is 0.600. The smallest absolute Gasteiger partial charge is 0.236 e. The topological polar surface area (TPSA) is 46.2 Å². The van der Waals surface area contributed by atoms with Crippen molar-refractivity contribution in [2.45, 2.75) is 12.7 Å². The highest BCUT2D eigenvalue weighted by atomic mass is 32.2. The first kappa shape index (κ1) is 13.5. The molecule has 100 valence electrons. The van der Waals surface area contributed by atoms with E-state index in [1.165, 1.54) is 18.2 Å². The van der Waals surface area contributed by atoms with Gasteiger partial charge in [0.25, 0.3) is 0 Å². The lowest BCUT2D eigenvalue weighted by atomic mass is 10.2. The van der Waals surface area contributed by atoms with Crippen molar-refractivity contribution in [3.05, 3.63) is 65.5 Å². The van der Waals surface area contributed by atoms with Crippen molar-refractivity contribution >= 4 is 15.7 Å². The maximum atomic E-state index is 13.0. The van der Waals surface area contributed by atoms with Crippen LogP contribution >= 0.6 is 0 Å². The second-order valence-corrected chi connectivity index (χ2v) is 6.03. The van der Waals surface area contributed by atoms with Crippen LogP contribution in [-0.2, 0) is 15.8 Å². The van der Waals surface area contributed by atoms with Crippen molar-refractivity contribution in [2.24, 2.45) is 0 Å². The first-order chi connectivity index (χ1) is 8.96. The third-order valence-corrected chi connectivity index (χ3v) is 3.90. The summed E-state index contributed by atoms with van der Waals surface area (Å²) < 4.78 is 39.4. The third-order valence-electron chi connectivity index (χ3n) is 2.65. The minimum absolute atomic E-state index is 0.106. The Morgan fingerprint density at radius 3 is 2.42 bits per heavy atom. The van der Waals surface area contributed by atoms with Crippen LogP contribution in [0.2, 0.25) is 0 Å². The first-order valence-electron chi connectivity index (χ1n) is 5.77. The number of benzene rings is 2. The maximum Gasteiger partial charge on any atom is 0.236 e. The minimum atomic E-state index is -3.50. The van der Waals surface area contributed by atoms with E-state index < -0.39 is 10.0 Å². The highest BCUT2D eigenvalue weighted by Crippen LogP contribution is 2.18. The lowest BCUT2D eigenvalue weighted by Crippen LogP contribution is -2.15. The van der Waals surface area contributed by atoms with Gasteiger partial charge in [-0.25, -0.2) is 12.8 Å². The van der Waals surface area contributed by atoms with E-state index in [4.69, 9.17) is 0 Å². The van der Waals surface area contributed by atoms with E-state index in [-0.39, 0.29) is 11.6 Å². The van der Waals surface area contributed by atoms with Gasteiger partial charge in [-0.2, -0.15) is 0 Å². The number of aryl methyl sites for hydroxylation is 1. The van der Waals surface area contributed by atoms with E-state index in [1.807, 2.05) is 6.07 Å². The van der Waals surface area contributed by atoms with Gasteiger partial charge < -0.3 is 0 Å². The fourth-order valence-corrected chi connectivity index (χ4v) is 3.01. The molecule has 0 aliphatic carbocycles. The van der Waals surface area contributed by atoms with E-state index in [0.29, 0.717) is 16.8 Å². The summed E-state index contributed by atoms with van der Waals surface area (Å²) >= 11 is 0. The Kier molecular flexibility index (Phi) is 3.85. The minimum Gasteiger partial charge on any atom is -0.283 e. The van der Waals surface area contributed by atoms with Crippen LogP contribution in [0.15, 0.2) is 48.5 Å². The van der Waals surface area contributed by atoms with Gasteiger partial charge in [-0.05, 0) is 36.2 Å². The van der Waals surface area contributed by atoms with Crippen molar-refractivity contribution in [3.63, 3.8) is 0 Å². The molecule has 0 saturated carbocycles. The van der Waals surface area contributed by atoms with Gasteiger partial charge in [0, 0.05) is 0 Å². The molecule has 0 saturated heterocycles. The Morgan fingerprint density at radius 1 is 1.11 bits per heavy atom. The number of anilines is 1. The number of hydrogen-bond acceptors (Lipinski definition) is 2. The molecule has 19 heavy (non-hydrogen) atoms. The number of hydrogen-bond donors (Lipinski definition) is 1. The van der Waals surface area contributed by atoms with Crippen molar-refractivity contribution < 1.29 is 12.8 Å². The summed E-state index contributed by atoms with van der Waals surface area (Å²) in [7, 11) is -3.50. The Balaban J connectivity index is 2.17. The van der Waals surface area contributed by atoms with Crippen LogP contribution in [0.5, 0.6) is 0 Å². The molecule has 1 N–H and O–H groups in total. The van der Waals surface area contributed by atoms with Gasteiger partial charge in [0.15, 0.2) is 0 Å². The van der Waals surface area contributed by atoms with Crippen LogP contribution in [0.25, 0.3) is 0 Å². The molecule has 5 heteroatoms. The highest BCUT2D eigenvalue weighted by molar-refractivity contribution is 7.91. The summed E-state index contributed by atoms with van der Waals surface area (Å²) in [6.45, 7) is 1.66. The second-order valence-electron chi connectivity index (χ2n) is 4.31. The molecule has 0 amide bonds. The van der Waals surface area contributed by atoms with Gasteiger partial charge in [-0.15, -0.1) is 0 Å². The normalized spacial score (nSPS) is 11.3. The molecule has 2 aromatic carbocycles. The summed E-state index contributed by atoms with van der Waals surface area (Å²) in [5.74, 6) is -0.492. The SMILES string of the molecule is Cc1cc(F)ccc1NS(=O)(=O)Cc1ccccc1. The first-order valence-corrected chi connectivity index (χ1v) is 7.42. The van der Waals surface area contributed by atoms with Crippen molar-refractivity contribution in [1.82, 2.24) is 0 Å². The third kappa shape index (κ3) is 3.79. The molecule has 0 aliphatic heterocycles. The molecule has 0 aliphatic rings. The molecule has 2 rings (SSSR count). The number of rotatable bonds is 4. The van der Waals surface area contributed by atoms with E-state index in [2.05, 4.69) is 4.72 Å². The molecule has 0 spiro atoms. The Bertz CT molecular complexity index is 669. The van der Waals surface area contributed by atoms with E-state index in [0.717, 1.165) is 0 Å². The molecule has 0 radical (unpaired) electrons. The van der Waals surface area contributed by atoms with Crippen molar-refractivity contribution in [1.29, 1.82) is 0 Å². The molecule has 0 bridgehead atoms. The summed E-state index contributed by atoms with van der Waals surface area (Å²) in [6, 6.07) is 12.8. The van der Waals surface area contributed by atoms with Crippen LogP contribution in [-0.4, -0.2) is 8.42 Å². The summed E-state index contributed by atoms with van der Waals surface area (Å²) in [5.41, 5.74) is 1.66. The highest BCUT2D eigenvalue weighted by Gasteiger charge is 2.13. The van der Waals surface area contributed by atoms with Crippen LogP contribution in [0.3, 0.4) is 0 Å². The lowest BCUT2D eigenvalue weighted by Gasteiger charge is -2.10. The predicted octanol–water partition coefficient (Wildman–Crippen LogP) is 3.08. The molecule has 2 aromatic rings. The van der Waals surface area contributed by atoms with Crippen LogP contribution < -0.4 is 4.72 Å². The van der Waals surface area contributed by atoms with Crippen LogP contribution in [0, 0.1) is 12.7 Å². The molecule has 3 nitrogen and oxygen atoms in total. The summed E-state index contributed by atoms with van der Waals surface area (Å²) in [4.78, 5) is 0. The predicted molar refractivity (Wildman–Crippen MR) is 73.8 cm³/mol. The zero-order valence-electron chi connectivity index (χ0n) is 10.4. The Hall–Kier alpha value is -1.88. The van der Waals surface area contributed by atoms with Crippen LogP contribution in [0.4, 0.5) is 10.1 Å². The fourth-order valence-electron chi connectivity index (χ4n) is 1.74. The molecular formula is C14H14FNO2S. The monoisotopic (exact) mass is 279 g/mol. The molecule has 0 fully saturated rings. The zero-order chi connectivity index (χ0) is 13.9. The van der Waals surface area contributed by atoms with Gasteiger partial charge in [0.1, 0.15) is 5.82 Å². The van der Waals surface area contributed by atoms with Gasteiger partial charge >= 0.3 is 0 Å². The van der Waals surface area contributed by atoms with E-state index in [9.17, 15) is 12.8 Å². The fraction of sp³-hybridized carbons (Fsp3) is 0.143. The molecule has 0 aromatic heterocycles. The van der Waals surface area contributed by atoms with Crippen molar-refractivity contribution in [2.75, 3.05) is 4.72 Å². The second kappa shape index (κ2) is 5.40. The summed E-state index contributed by atoms with van der Waals surface area (Å²) in [6.07, 6.45) is 0. The quantitative estimate of drug-likeness (QED) is 0.935. The number of halogens is 1. The van der Waals surface area contributed by atoms with Crippen molar-refractivity contribution in [3.8, 4) is 0 Å². The zero-order valence-corrected chi connectivity index (χ0v) is 11.2. The van der Waals surface area contributed by atoms with Gasteiger partial charge in [-0.1, -0.05) is 30.3 Å². The molecular weight excluding hydrogens is 265 g/mol. The summed E-state index contributed by atoms with van der Waals surface area (Å²) in [5, 5.41) is 0.